The summed E-state index contributed by atoms with van der Waals surface area (Å²) in [5, 5.41) is 3.86. The van der Waals surface area contributed by atoms with Crippen molar-refractivity contribution >= 4 is 0 Å². The molecule has 0 saturated heterocycles. The first-order chi connectivity index (χ1) is 9.80. The fraction of sp³-hybridized carbons (Fsp3) is 0.684. The molecule has 20 heavy (non-hydrogen) atoms. The van der Waals surface area contributed by atoms with E-state index in [0.717, 1.165) is 12.0 Å². The van der Waals surface area contributed by atoms with Crippen LogP contribution in [0, 0.1) is 5.92 Å². The number of rotatable bonds is 6. The van der Waals surface area contributed by atoms with Crippen LogP contribution in [0.4, 0.5) is 0 Å². The Kier molecular flexibility index (Phi) is 4.16. The normalized spacial score (nSPS) is 25.8. The largest absolute Gasteiger partial charge is 0.313 e. The van der Waals surface area contributed by atoms with E-state index >= 15 is 0 Å². The van der Waals surface area contributed by atoms with Gasteiger partial charge in [0.15, 0.2) is 0 Å². The molecule has 1 aromatic rings. The first kappa shape index (κ1) is 14.1. The molecule has 1 unspecified atom stereocenters. The molecular weight excluding hydrogens is 242 g/mol. The number of nitrogens with one attached hydrogen (secondary N) is 1. The fourth-order valence-electron chi connectivity index (χ4n) is 4.39. The van der Waals surface area contributed by atoms with Crippen molar-refractivity contribution in [2.45, 2.75) is 70.3 Å². The SMILES string of the molecule is CCC(CC)C1(CNC2CC2)CCCc2ccccc21. The van der Waals surface area contributed by atoms with Crippen molar-refractivity contribution in [1.82, 2.24) is 5.32 Å². The molecule has 110 valence electrons. The maximum Gasteiger partial charge on any atom is 0.0109 e. The monoisotopic (exact) mass is 271 g/mol. The van der Waals surface area contributed by atoms with E-state index < -0.39 is 0 Å². The Bertz CT molecular complexity index is 445. The molecule has 1 saturated carbocycles. The van der Waals surface area contributed by atoms with Crippen molar-refractivity contribution in [2.24, 2.45) is 5.92 Å². The van der Waals surface area contributed by atoms with Gasteiger partial charge in [-0.25, -0.2) is 0 Å². The van der Waals surface area contributed by atoms with Gasteiger partial charge in [0.05, 0.1) is 0 Å². The van der Waals surface area contributed by atoms with Crippen LogP contribution >= 0.6 is 0 Å². The summed E-state index contributed by atoms with van der Waals surface area (Å²) in [4.78, 5) is 0. The third-order valence-corrected chi connectivity index (χ3v) is 5.67. The van der Waals surface area contributed by atoms with Gasteiger partial charge in [-0.05, 0) is 49.1 Å². The van der Waals surface area contributed by atoms with Gasteiger partial charge in [-0.15, -0.1) is 0 Å². The Hall–Kier alpha value is -0.820. The van der Waals surface area contributed by atoms with E-state index in [1.807, 2.05) is 0 Å². The molecule has 1 heteroatoms. The third-order valence-electron chi connectivity index (χ3n) is 5.67. The van der Waals surface area contributed by atoms with Gasteiger partial charge in [-0.3, -0.25) is 0 Å². The van der Waals surface area contributed by atoms with Crippen molar-refractivity contribution in [3.8, 4) is 0 Å². The van der Waals surface area contributed by atoms with Crippen LogP contribution in [-0.4, -0.2) is 12.6 Å². The first-order valence-corrected chi connectivity index (χ1v) is 8.62. The molecule has 0 aromatic heterocycles. The smallest absolute Gasteiger partial charge is 0.0109 e. The second-order valence-electron chi connectivity index (χ2n) is 6.84. The molecule has 1 atom stereocenters. The second kappa shape index (κ2) is 5.89. The summed E-state index contributed by atoms with van der Waals surface area (Å²) >= 11 is 0. The number of hydrogen-bond donors (Lipinski definition) is 1. The highest BCUT2D eigenvalue weighted by Gasteiger charge is 2.42. The van der Waals surface area contributed by atoms with Gasteiger partial charge >= 0.3 is 0 Å². The van der Waals surface area contributed by atoms with Crippen molar-refractivity contribution in [1.29, 1.82) is 0 Å². The minimum Gasteiger partial charge on any atom is -0.313 e. The first-order valence-electron chi connectivity index (χ1n) is 8.62. The lowest BCUT2D eigenvalue weighted by Crippen LogP contribution is -2.47. The molecule has 2 aliphatic rings. The van der Waals surface area contributed by atoms with Gasteiger partial charge in [-0.1, -0.05) is 51.0 Å². The van der Waals surface area contributed by atoms with Crippen LogP contribution in [0.25, 0.3) is 0 Å². The Morgan fingerprint density at radius 3 is 2.65 bits per heavy atom. The van der Waals surface area contributed by atoms with Crippen molar-refractivity contribution in [3.63, 3.8) is 0 Å². The maximum atomic E-state index is 3.86. The average molecular weight is 271 g/mol. The van der Waals surface area contributed by atoms with E-state index in [-0.39, 0.29) is 0 Å². The molecule has 1 nitrogen and oxygen atoms in total. The summed E-state index contributed by atoms with van der Waals surface area (Å²) < 4.78 is 0. The topological polar surface area (TPSA) is 12.0 Å². The molecule has 0 radical (unpaired) electrons. The highest BCUT2D eigenvalue weighted by Crippen LogP contribution is 2.45. The highest BCUT2D eigenvalue weighted by molar-refractivity contribution is 5.38. The van der Waals surface area contributed by atoms with Crippen LogP contribution in [0.3, 0.4) is 0 Å². The summed E-state index contributed by atoms with van der Waals surface area (Å²) in [6, 6.07) is 10.1. The second-order valence-corrected chi connectivity index (χ2v) is 6.84. The molecule has 1 N–H and O–H groups in total. The summed E-state index contributed by atoms with van der Waals surface area (Å²) in [5.74, 6) is 0.815. The van der Waals surface area contributed by atoms with Gasteiger partial charge in [0.2, 0.25) is 0 Å². The minimum absolute atomic E-state index is 0.390. The standard InChI is InChI=1S/C19H29N/c1-3-16(4-2)19(14-20-17-11-12-17)13-7-9-15-8-5-6-10-18(15)19/h5-6,8,10,16-17,20H,3-4,7,9,11-14H2,1-2H3. The fourth-order valence-corrected chi connectivity index (χ4v) is 4.39. The minimum atomic E-state index is 0.390. The highest BCUT2D eigenvalue weighted by atomic mass is 15.0. The van der Waals surface area contributed by atoms with Gasteiger partial charge in [0.1, 0.15) is 0 Å². The lowest BCUT2D eigenvalue weighted by molar-refractivity contribution is 0.207. The van der Waals surface area contributed by atoms with E-state index in [9.17, 15) is 0 Å². The van der Waals surface area contributed by atoms with Crippen LogP contribution in [0.5, 0.6) is 0 Å². The molecule has 0 spiro atoms. The number of fused-ring (bicyclic) bond motifs is 1. The molecule has 2 aliphatic carbocycles. The van der Waals surface area contributed by atoms with Crippen molar-refractivity contribution < 1.29 is 0 Å². The van der Waals surface area contributed by atoms with E-state index in [2.05, 4.69) is 43.4 Å². The zero-order valence-electron chi connectivity index (χ0n) is 13.1. The van der Waals surface area contributed by atoms with Crippen molar-refractivity contribution in [3.05, 3.63) is 35.4 Å². The lowest BCUT2D eigenvalue weighted by Gasteiger charge is -2.45. The van der Waals surface area contributed by atoms with E-state index in [0.29, 0.717) is 5.41 Å². The van der Waals surface area contributed by atoms with Crippen LogP contribution in [0.1, 0.15) is 63.5 Å². The Labute approximate surface area is 124 Å². The maximum absolute atomic E-state index is 3.86. The van der Waals surface area contributed by atoms with Crippen LogP contribution in [-0.2, 0) is 11.8 Å². The quantitative estimate of drug-likeness (QED) is 0.806. The number of hydrogen-bond acceptors (Lipinski definition) is 1. The molecule has 0 bridgehead atoms. The molecule has 0 heterocycles. The van der Waals surface area contributed by atoms with Crippen LogP contribution in [0.2, 0.25) is 0 Å². The number of aryl methyl sites for hydroxylation is 1. The van der Waals surface area contributed by atoms with Gasteiger partial charge in [-0.2, -0.15) is 0 Å². The summed E-state index contributed by atoms with van der Waals surface area (Å²) in [7, 11) is 0. The lowest BCUT2D eigenvalue weighted by atomic mass is 9.61. The molecule has 0 aliphatic heterocycles. The third kappa shape index (κ3) is 2.53. The van der Waals surface area contributed by atoms with E-state index in [1.54, 1.807) is 11.1 Å². The molecule has 3 rings (SSSR count). The Morgan fingerprint density at radius 2 is 1.95 bits per heavy atom. The zero-order valence-corrected chi connectivity index (χ0v) is 13.1. The molecule has 1 aromatic carbocycles. The number of benzene rings is 1. The van der Waals surface area contributed by atoms with E-state index in [4.69, 9.17) is 0 Å². The Morgan fingerprint density at radius 1 is 1.20 bits per heavy atom. The van der Waals surface area contributed by atoms with Gasteiger partial charge in [0.25, 0.3) is 0 Å². The van der Waals surface area contributed by atoms with Crippen LogP contribution < -0.4 is 5.32 Å². The van der Waals surface area contributed by atoms with E-state index in [1.165, 1.54) is 51.5 Å². The van der Waals surface area contributed by atoms with Crippen molar-refractivity contribution in [2.75, 3.05) is 6.54 Å². The Balaban J connectivity index is 1.95. The average Bonchev–Trinajstić information content (AvgIpc) is 3.31. The van der Waals surface area contributed by atoms with Crippen LogP contribution in [0.15, 0.2) is 24.3 Å². The molecule has 0 amide bonds. The summed E-state index contributed by atoms with van der Waals surface area (Å²) in [6.45, 7) is 5.95. The van der Waals surface area contributed by atoms with Gasteiger partial charge in [0, 0.05) is 18.0 Å². The molecule has 1 fully saturated rings. The predicted molar refractivity (Wildman–Crippen MR) is 86.2 cm³/mol. The predicted octanol–water partition coefficient (Wildman–Crippen LogP) is 4.45. The summed E-state index contributed by atoms with van der Waals surface area (Å²) in [5.41, 5.74) is 3.66. The molecular formula is C19H29N. The summed E-state index contributed by atoms with van der Waals surface area (Å²) in [6.07, 6.45) is 9.40. The van der Waals surface area contributed by atoms with Gasteiger partial charge < -0.3 is 5.32 Å². The zero-order chi connectivity index (χ0) is 14.0.